The second-order valence-electron chi connectivity index (χ2n) is 4.19. The Kier molecular flexibility index (Phi) is 3.92. The fourth-order valence-corrected chi connectivity index (χ4v) is 2.03. The number of benzene rings is 1. The molecule has 1 N–H and O–H groups in total. The van der Waals surface area contributed by atoms with Crippen LogP contribution in [0, 0.1) is 0 Å². The van der Waals surface area contributed by atoms with Gasteiger partial charge in [-0.15, -0.1) is 0 Å². The van der Waals surface area contributed by atoms with Crippen LogP contribution in [0.5, 0.6) is 0 Å². The summed E-state index contributed by atoms with van der Waals surface area (Å²) in [5.41, 5.74) is 1.31. The van der Waals surface area contributed by atoms with Crippen molar-refractivity contribution in [2.24, 2.45) is 0 Å². The Balaban J connectivity index is 3.21. The molecule has 0 aliphatic rings. The number of halogens is 1. The Hall–Kier alpha value is -1.09. The highest BCUT2D eigenvalue weighted by Crippen LogP contribution is 2.35. The van der Waals surface area contributed by atoms with Gasteiger partial charge in [0.15, 0.2) is 0 Å². The van der Waals surface area contributed by atoms with Crippen LogP contribution in [0.4, 0.5) is 0 Å². The van der Waals surface area contributed by atoms with E-state index in [0.29, 0.717) is 0 Å². The van der Waals surface area contributed by atoms with Crippen molar-refractivity contribution < 1.29 is 9.90 Å². The maximum absolute atomic E-state index is 10.9. The summed E-state index contributed by atoms with van der Waals surface area (Å²) in [6, 6.07) is 7.70. The van der Waals surface area contributed by atoms with E-state index in [1.54, 1.807) is 0 Å². The van der Waals surface area contributed by atoms with Gasteiger partial charge in [-0.25, -0.2) is 0 Å². The van der Waals surface area contributed by atoms with Crippen LogP contribution in [0.1, 0.15) is 25.8 Å². The summed E-state index contributed by atoms with van der Waals surface area (Å²) < 4.78 is 0.947. The molecule has 1 rings (SSSR count). The molecule has 0 amide bonds. The summed E-state index contributed by atoms with van der Waals surface area (Å²) in [6.45, 7) is 7.68. The minimum absolute atomic E-state index is 0.0544. The Morgan fingerprint density at radius 2 is 2.19 bits per heavy atom. The second-order valence-corrected chi connectivity index (χ2v) is 5.11. The van der Waals surface area contributed by atoms with Crippen molar-refractivity contribution >= 4 is 21.9 Å². The molecule has 2 nitrogen and oxygen atoms in total. The van der Waals surface area contributed by atoms with Crippen LogP contribution in [-0.4, -0.2) is 11.1 Å². The van der Waals surface area contributed by atoms with E-state index >= 15 is 0 Å². The van der Waals surface area contributed by atoms with Gasteiger partial charge in [-0.3, -0.25) is 4.79 Å². The number of hydrogen-bond acceptors (Lipinski definition) is 1. The molecule has 0 heterocycles. The van der Waals surface area contributed by atoms with Gasteiger partial charge in [0.1, 0.15) is 0 Å². The SMILES string of the molecule is C=C(C)C(C)(CC(=O)O)c1cccc(Br)c1. The third kappa shape index (κ3) is 2.73. The number of carbonyl (C=O) groups is 1. The molecule has 1 aromatic carbocycles. The van der Waals surface area contributed by atoms with Gasteiger partial charge in [0.25, 0.3) is 0 Å². The van der Waals surface area contributed by atoms with Crippen molar-refractivity contribution in [3.05, 3.63) is 46.5 Å². The number of allylic oxidation sites excluding steroid dienone is 1. The summed E-state index contributed by atoms with van der Waals surface area (Å²) in [7, 11) is 0. The molecule has 3 heteroatoms. The molecular weight excluding hydrogens is 268 g/mol. The van der Waals surface area contributed by atoms with Crippen LogP contribution in [0.15, 0.2) is 40.9 Å². The minimum Gasteiger partial charge on any atom is -0.481 e. The molecule has 0 saturated heterocycles. The number of carboxylic acid groups (broad SMARTS) is 1. The van der Waals surface area contributed by atoms with E-state index in [4.69, 9.17) is 5.11 Å². The van der Waals surface area contributed by atoms with E-state index in [1.807, 2.05) is 38.1 Å². The first kappa shape index (κ1) is 13.0. The highest BCUT2D eigenvalue weighted by molar-refractivity contribution is 9.10. The lowest BCUT2D eigenvalue weighted by Gasteiger charge is -2.29. The van der Waals surface area contributed by atoms with Crippen LogP contribution in [0.2, 0.25) is 0 Å². The number of rotatable bonds is 4. The van der Waals surface area contributed by atoms with Gasteiger partial charge in [-0.2, -0.15) is 0 Å². The van der Waals surface area contributed by atoms with E-state index in [1.165, 1.54) is 0 Å². The van der Waals surface area contributed by atoms with Crippen molar-refractivity contribution in [2.75, 3.05) is 0 Å². The topological polar surface area (TPSA) is 37.3 Å². The lowest BCUT2D eigenvalue weighted by molar-refractivity contribution is -0.138. The quantitative estimate of drug-likeness (QED) is 0.854. The summed E-state index contributed by atoms with van der Waals surface area (Å²) in [6.07, 6.45) is 0.0544. The monoisotopic (exact) mass is 282 g/mol. The molecule has 0 aromatic heterocycles. The predicted molar refractivity (Wildman–Crippen MR) is 68.6 cm³/mol. The maximum Gasteiger partial charge on any atom is 0.304 e. The van der Waals surface area contributed by atoms with Crippen molar-refractivity contribution in [3.63, 3.8) is 0 Å². The third-order valence-electron chi connectivity index (χ3n) is 2.91. The van der Waals surface area contributed by atoms with Crippen molar-refractivity contribution in [1.29, 1.82) is 0 Å². The molecule has 0 radical (unpaired) electrons. The van der Waals surface area contributed by atoms with E-state index in [2.05, 4.69) is 22.5 Å². The predicted octanol–water partition coefficient (Wildman–Crippen LogP) is 3.76. The van der Waals surface area contributed by atoms with E-state index in [0.717, 1.165) is 15.6 Å². The zero-order chi connectivity index (χ0) is 12.3. The molecule has 86 valence electrons. The first-order chi connectivity index (χ1) is 7.36. The van der Waals surface area contributed by atoms with Gasteiger partial charge in [-0.1, -0.05) is 47.1 Å². The van der Waals surface area contributed by atoms with Crippen molar-refractivity contribution in [2.45, 2.75) is 25.7 Å². The summed E-state index contributed by atoms with van der Waals surface area (Å²) in [5, 5.41) is 8.98. The smallest absolute Gasteiger partial charge is 0.304 e. The van der Waals surface area contributed by atoms with Gasteiger partial charge < -0.3 is 5.11 Å². The van der Waals surface area contributed by atoms with Crippen LogP contribution in [-0.2, 0) is 10.2 Å². The normalized spacial score (nSPS) is 14.2. The largest absolute Gasteiger partial charge is 0.481 e. The average molecular weight is 283 g/mol. The van der Waals surface area contributed by atoms with Gasteiger partial charge >= 0.3 is 5.97 Å². The molecule has 16 heavy (non-hydrogen) atoms. The molecule has 0 aliphatic carbocycles. The van der Waals surface area contributed by atoms with Gasteiger partial charge in [0.05, 0.1) is 6.42 Å². The Morgan fingerprint density at radius 3 is 2.62 bits per heavy atom. The van der Waals surface area contributed by atoms with Crippen LogP contribution in [0.25, 0.3) is 0 Å². The van der Waals surface area contributed by atoms with Crippen LogP contribution >= 0.6 is 15.9 Å². The van der Waals surface area contributed by atoms with E-state index in [-0.39, 0.29) is 6.42 Å². The van der Waals surface area contributed by atoms with Gasteiger partial charge in [0, 0.05) is 9.89 Å². The molecule has 0 fully saturated rings. The van der Waals surface area contributed by atoms with Crippen molar-refractivity contribution in [1.82, 2.24) is 0 Å². The first-order valence-corrected chi connectivity index (χ1v) is 5.79. The van der Waals surface area contributed by atoms with Crippen LogP contribution < -0.4 is 0 Å². The molecule has 0 bridgehead atoms. The molecular formula is C13H15BrO2. The van der Waals surface area contributed by atoms with Crippen LogP contribution in [0.3, 0.4) is 0 Å². The highest BCUT2D eigenvalue weighted by Gasteiger charge is 2.30. The number of hydrogen-bond donors (Lipinski definition) is 1. The Bertz CT molecular complexity index is 426. The molecule has 1 aromatic rings. The Labute approximate surface area is 104 Å². The summed E-state index contributed by atoms with van der Waals surface area (Å²) in [5.74, 6) is -0.814. The van der Waals surface area contributed by atoms with E-state index in [9.17, 15) is 4.79 Å². The lowest BCUT2D eigenvalue weighted by atomic mass is 9.74. The van der Waals surface area contributed by atoms with Crippen molar-refractivity contribution in [3.8, 4) is 0 Å². The standard InChI is InChI=1S/C13H15BrO2/c1-9(2)13(3,8-12(15)16)10-5-4-6-11(14)7-10/h4-7H,1,8H2,2-3H3,(H,15,16). The molecule has 0 aliphatic heterocycles. The highest BCUT2D eigenvalue weighted by atomic mass is 79.9. The minimum atomic E-state index is -0.814. The van der Waals surface area contributed by atoms with Gasteiger partial charge in [0.2, 0.25) is 0 Å². The molecule has 1 atom stereocenters. The zero-order valence-corrected chi connectivity index (χ0v) is 11.0. The molecule has 0 spiro atoms. The summed E-state index contributed by atoms with van der Waals surface area (Å²) in [4.78, 5) is 10.9. The first-order valence-electron chi connectivity index (χ1n) is 5.00. The lowest BCUT2D eigenvalue weighted by Crippen LogP contribution is -2.26. The maximum atomic E-state index is 10.9. The Morgan fingerprint density at radius 1 is 1.56 bits per heavy atom. The third-order valence-corrected chi connectivity index (χ3v) is 3.40. The average Bonchev–Trinajstić information content (AvgIpc) is 2.16. The second kappa shape index (κ2) is 4.83. The van der Waals surface area contributed by atoms with Gasteiger partial charge in [-0.05, 0) is 24.6 Å². The fraction of sp³-hybridized carbons (Fsp3) is 0.308. The number of aliphatic carboxylic acids is 1. The fourth-order valence-electron chi connectivity index (χ4n) is 1.63. The van der Waals surface area contributed by atoms with E-state index < -0.39 is 11.4 Å². The molecule has 0 saturated carbocycles. The summed E-state index contributed by atoms with van der Waals surface area (Å²) >= 11 is 3.39. The number of carboxylic acids is 1. The molecule has 1 unspecified atom stereocenters. The zero-order valence-electron chi connectivity index (χ0n) is 9.46.